The van der Waals surface area contributed by atoms with Crippen LogP contribution in [0.2, 0.25) is 0 Å². The Morgan fingerprint density at radius 1 is 0.603 bits per heavy atom. The van der Waals surface area contributed by atoms with E-state index in [0.29, 0.717) is 71.2 Å². The molecule has 2 aliphatic heterocycles. The summed E-state index contributed by atoms with van der Waals surface area (Å²) in [6.45, 7) is 3.12. The molecule has 4 aromatic rings. The SMILES string of the molecule is COc1cc(C2NC(=O)c3cc(C)ccc3N2)ccc1OCCCCCCCCCOc1c(OC)cc(C2=NOC(c3cc(OC)c(OC)c(OC)c3)C2)cc1OC. The van der Waals surface area contributed by atoms with Crippen molar-refractivity contribution < 1.29 is 47.5 Å². The van der Waals surface area contributed by atoms with Crippen molar-refractivity contribution in [1.82, 2.24) is 5.32 Å². The quantitative estimate of drug-likeness (QED) is 0.0782. The number of ether oxygens (including phenoxy) is 8. The molecule has 2 aliphatic rings. The molecule has 13 heteroatoms. The molecule has 58 heavy (non-hydrogen) atoms. The molecule has 0 aliphatic carbocycles. The molecule has 0 saturated heterocycles. The lowest BCUT2D eigenvalue weighted by Crippen LogP contribution is -2.38. The lowest BCUT2D eigenvalue weighted by molar-refractivity contribution is 0.0853. The molecule has 13 nitrogen and oxygen atoms in total. The fourth-order valence-electron chi connectivity index (χ4n) is 7.17. The van der Waals surface area contributed by atoms with Gasteiger partial charge < -0.3 is 53.4 Å². The summed E-state index contributed by atoms with van der Waals surface area (Å²) in [6, 6.07) is 19.2. The van der Waals surface area contributed by atoms with Crippen LogP contribution >= 0.6 is 0 Å². The molecular weight excluding hydrogens is 743 g/mol. The van der Waals surface area contributed by atoms with Crippen molar-refractivity contribution in [2.24, 2.45) is 5.16 Å². The highest BCUT2D eigenvalue weighted by atomic mass is 16.6. The van der Waals surface area contributed by atoms with E-state index in [-0.39, 0.29) is 18.2 Å². The first-order chi connectivity index (χ1) is 28.3. The lowest BCUT2D eigenvalue weighted by Gasteiger charge is -2.28. The normalized spacial score (nSPS) is 15.6. The minimum atomic E-state index is -0.360. The summed E-state index contributed by atoms with van der Waals surface area (Å²) in [5.41, 5.74) is 5.83. The number of fused-ring (bicyclic) bond motifs is 1. The third-order valence-corrected chi connectivity index (χ3v) is 10.3. The number of aryl methyl sites for hydroxylation is 1. The van der Waals surface area contributed by atoms with Crippen LogP contribution in [0.15, 0.2) is 65.8 Å². The summed E-state index contributed by atoms with van der Waals surface area (Å²) < 4.78 is 45.9. The number of anilines is 1. The van der Waals surface area contributed by atoms with Crippen LogP contribution in [0.5, 0.6) is 46.0 Å². The first-order valence-corrected chi connectivity index (χ1v) is 19.7. The summed E-state index contributed by atoms with van der Waals surface area (Å²) in [6.07, 6.45) is 7.22. The van der Waals surface area contributed by atoms with Crippen molar-refractivity contribution >= 4 is 17.3 Å². The predicted octanol–water partition coefficient (Wildman–Crippen LogP) is 8.95. The monoisotopic (exact) mass is 797 g/mol. The van der Waals surface area contributed by atoms with E-state index < -0.39 is 0 Å². The molecule has 2 atom stereocenters. The minimum Gasteiger partial charge on any atom is -0.493 e. The van der Waals surface area contributed by atoms with Crippen LogP contribution in [-0.2, 0) is 4.84 Å². The van der Waals surface area contributed by atoms with Crippen LogP contribution in [-0.4, -0.2) is 67.5 Å². The van der Waals surface area contributed by atoms with Crippen molar-refractivity contribution in [3.63, 3.8) is 0 Å². The maximum Gasteiger partial charge on any atom is 0.255 e. The number of hydrogen-bond acceptors (Lipinski definition) is 12. The van der Waals surface area contributed by atoms with E-state index in [1.165, 1.54) is 0 Å². The Morgan fingerprint density at radius 2 is 1.19 bits per heavy atom. The molecule has 0 aromatic heterocycles. The Hall–Kier alpha value is -5.98. The second-order valence-corrected chi connectivity index (χ2v) is 14.2. The molecule has 6 rings (SSSR count). The van der Waals surface area contributed by atoms with Crippen LogP contribution in [0, 0.1) is 6.92 Å². The van der Waals surface area contributed by atoms with E-state index in [4.69, 9.17) is 42.7 Å². The van der Waals surface area contributed by atoms with Crippen LogP contribution in [0.3, 0.4) is 0 Å². The number of nitrogens with zero attached hydrogens (tertiary/aromatic N) is 1. The molecule has 0 saturated carbocycles. The summed E-state index contributed by atoms with van der Waals surface area (Å²) in [4.78, 5) is 18.6. The molecule has 0 radical (unpaired) electrons. The predicted molar refractivity (Wildman–Crippen MR) is 222 cm³/mol. The highest BCUT2D eigenvalue weighted by Crippen LogP contribution is 2.44. The van der Waals surface area contributed by atoms with E-state index in [0.717, 1.165) is 78.6 Å². The zero-order chi connectivity index (χ0) is 41.0. The number of oxime groups is 1. The number of methoxy groups -OCH3 is 6. The highest BCUT2D eigenvalue weighted by molar-refractivity contribution is 6.03. The second-order valence-electron chi connectivity index (χ2n) is 14.2. The lowest BCUT2D eigenvalue weighted by atomic mass is 9.99. The topological polar surface area (TPSA) is 137 Å². The number of unbranched alkanes of at least 4 members (excludes halogenated alkanes) is 6. The van der Waals surface area contributed by atoms with E-state index in [2.05, 4.69) is 15.8 Å². The molecule has 0 fully saturated rings. The first-order valence-electron chi connectivity index (χ1n) is 19.7. The molecule has 2 heterocycles. The van der Waals surface area contributed by atoms with Gasteiger partial charge >= 0.3 is 0 Å². The number of rotatable bonds is 21. The summed E-state index contributed by atoms with van der Waals surface area (Å²) in [7, 11) is 9.61. The summed E-state index contributed by atoms with van der Waals surface area (Å²) >= 11 is 0. The van der Waals surface area contributed by atoms with Crippen LogP contribution in [0.25, 0.3) is 0 Å². The number of benzene rings is 4. The molecular formula is C45H55N3O10. The Kier molecular flexibility index (Phi) is 14.3. The average molecular weight is 798 g/mol. The standard InChI is InChI=1S/C45H55N3O10/c1-28-15-17-33-32(21-28)45(49)47-44(46-33)29-16-18-35(37(22-29)50-2)56-19-13-11-9-8-10-12-14-20-57-43-40(53-5)23-30(24-41(43)54-6)34-27-36(58-48-34)31-25-38(51-3)42(55-7)39(26-31)52-4/h15-18,21-26,36,44,46H,8-14,19-20,27H2,1-7H3,(H,47,49). The van der Waals surface area contributed by atoms with Crippen LogP contribution in [0.1, 0.15) is 96.2 Å². The van der Waals surface area contributed by atoms with Gasteiger partial charge in [0.15, 0.2) is 40.6 Å². The number of nitrogens with one attached hydrogen (secondary N) is 2. The van der Waals surface area contributed by atoms with Gasteiger partial charge in [-0.2, -0.15) is 0 Å². The van der Waals surface area contributed by atoms with Crippen molar-refractivity contribution in [2.45, 2.75) is 70.6 Å². The fourth-order valence-corrected chi connectivity index (χ4v) is 7.17. The van der Waals surface area contributed by atoms with Crippen molar-refractivity contribution in [2.75, 3.05) is 61.2 Å². The van der Waals surface area contributed by atoms with Gasteiger partial charge in [0.2, 0.25) is 11.5 Å². The van der Waals surface area contributed by atoms with Gasteiger partial charge in [0.05, 0.1) is 67.1 Å². The number of hydrogen-bond donors (Lipinski definition) is 2. The molecule has 2 unspecified atom stereocenters. The zero-order valence-corrected chi connectivity index (χ0v) is 34.5. The molecule has 4 aromatic carbocycles. The molecule has 2 N–H and O–H groups in total. The Morgan fingerprint density at radius 3 is 1.81 bits per heavy atom. The van der Waals surface area contributed by atoms with E-state index in [9.17, 15) is 4.79 Å². The zero-order valence-electron chi connectivity index (χ0n) is 34.5. The van der Waals surface area contributed by atoms with Crippen molar-refractivity contribution in [1.29, 1.82) is 0 Å². The second kappa shape index (κ2) is 19.9. The van der Waals surface area contributed by atoms with E-state index in [1.807, 2.05) is 67.6 Å². The highest BCUT2D eigenvalue weighted by Gasteiger charge is 2.29. The van der Waals surface area contributed by atoms with Gasteiger partial charge in [0, 0.05) is 23.2 Å². The maximum atomic E-state index is 12.7. The van der Waals surface area contributed by atoms with Crippen molar-refractivity contribution in [3.05, 3.63) is 88.5 Å². The number of amides is 1. The van der Waals surface area contributed by atoms with Gasteiger partial charge in [-0.3, -0.25) is 4.79 Å². The molecule has 0 spiro atoms. The maximum absolute atomic E-state index is 12.7. The summed E-state index contributed by atoms with van der Waals surface area (Å²) in [5, 5.41) is 10.8. The third kappa shape index (κ3) is 9.75. The third-order valence-electron chi connectivity index (χ3n) is 10.3. The smallest absolute Gasteiger partial charge is 0.255 e. The number of carbonyl (C=O) groups excluding carboxylic acids is 1. The Balaban J connectivity index is 0.897. The fraction of sp³-hybridized carbons (Fsp3) is 0.422. The van der Waals surface area contributed by atoms with Gasteiger partial charge in [0.1, 0.15) is 6.17 Å². The van der Waals surface area contributed by atoms with Gasteiger partial charge in [-0.1, -0.05) is 55.0 Å². The van der Waals surface area contributed by atoms with E-state index in [1.54, 1.807) is 42.7 Å². The van der Waals surface area contributed by atoms with E-state index >= 15 is 0 Å². The largest absolute Gasteiger partial charge is 0.493 e. The minimum absolute atomic E-state index is 0.101. The van der Waals surface area contributed by atoms with Gasteiger partial charge in [-0.25, -0.2) is 0 Å². The average Bonchev–Trinajstić information content (AvgIpc) is 3.75. The van der Waals surface area contributed by atoms with Gasteiger partial charge in [0.25, 0.3) is 5.91 Å². The molecule has 310 valence electrons. The molecule has 0 bridgehead atoms. The van der Waals surface area contributed by atoms with Crippen LogP contribution in [0.4, 0.5) is 5.69 Å². The first kappa shape index (κ1) is 41.6. The Bertz CT molecular complexity index is 2020. The summed E-state index contributed by atoms with van der Waals surface area (Å²) in [5.74, 6) is 4.55. The van der Waals surface area contributed by atoms with Crippen molar-refractivity contribution in [3.8, 4) is 46.0 Å². The van der Waals surface area contributed by atoms with Gasteiger partial charge in [-0.15, -0.1) is 0 Å². The Labute approximate surface area is 340 Å². The van der Waals surface area contributed by atoms with Crippen LogP contribution < -0.4 is 48.5 Å². The number of carbonyl (C=O) groups is 1. The molecule has 1 amide bonds. The van der Waals surface area contributed by atoms with Gasteiger partial charge in [-0.05, 0) is 73.9 Å².